The van der Waals surface area contributed by atoms with E-state index < -0.39 is 4.92 Å². The Morgan fingerprint density at radius 3 is 2.69 bits per heavy atom. The number of carbonyl (C=O) groups excluding carboxylic acids is 1. The van der Waals surface area contributed by atoms with Gasteiger partial charge in [0.2, 0.25) is 5.75 Å². The molecule has 0 bridgehead atoms. The highest BCUT2D eigenvalue weighted by Gasteiger charge is 2.23. The maximum atomic E-state index is 11.5. The highest BCUT2D eigenvalue weighted by molar-refractivity contribution is 9.09. The number of nitro benzene ring substituents is 1. The third kappa shape index (κ3) is 2.30. The van der Waals surface area contributed by atoms with E-state index >= 15 is 0 Å². The van der Waals surface area contributed by atoms with Crippen molar-refractivity contribution in [3.05, 3.63) is 27.8 Å². The van der Waals surface area contributed by atoms with Gasteiger partial charge in [0.25, 0.3) is 0 Å². The van der Waals surface area contributed by atoms with Crippen LogP contribution in [0.25, 0.3) is 0 Å². The first-order valence-electron chi connectivity index (χ1n) is 4.22. The number of rotatable bonds is 4. The lowest BCUT2D eigenvalue weighted by molar-refractivity contribution is -0.385. The molecule has 0 fully saturated rings. The van der Waals surface area contributed by atoms with Gasteiger partial charge in [-0.1, -0.05) is 15.9 Å². The molecule has 0 radical (unpaired) electrons. The summed E-state index contributed by atoms with van der Waals surface area (Å²) in [6.07, 6.45) is 0. The van der Waals surface area contributed by atoms with E-state index in [1.807, 2.05) is 0 Å². The van der Waals surface area contributed by atoms with Crippen LogP contribution in [-0.4, -0.2) is 23.1 Å². The van der Waals surface area contributed by atoms with E-state index in [1.165, 1.54) is 13.2 Å². The summed E-state index contributed by atoms with van der Waals surface area (Å²) in [4.78, 5) is 21.6. The summed E-state index contributed by atoms with van der Waals surface area (Å²) in [6.45, 7) is 0. The average molecular weight is 289 g/mol. The summed E-state index contributed by atoms with van der Waals surface area (Å²) in [7, 11) is 1.27. The first kappa shape index (κ1) is 12.4. The van der Waals surface area contributed by atoms with Gasteiger partial charge in [0.15, 0.2) is 5.78 Å². The van der Waals surface area contributed by atoms with E-state index in [-0.39, 0.29) is 33.8 Å². The van der Waals surface area contributed by atoms with Crippen molar-refractivity contribution in [3.63, 3.8) is 0 Å². The molecule has 0 atom stereocenters. The van der Waals surface area contributed by atoms with Gasteiger partial charge in [-0.15, -0.1) is 0 Å². The van der Waals surface area contributed by atoms with Crippen molar-refractivity contribution in [2.45, 2.75) is 0 Å². The SMILES string of the molecule is COc1c(C(=O)CBr)cc(N)cc1[N+](=O)[O-]. The van der Waals surface area contributed by atoms with Gasteiger partial charge in [0.05, 0.1) is 22.9 Å². The molecule has 0 aromatic heterocycles. The number of nitrogens with zero attached hydrogens (tertiary/aromatic N) is 1. The lowest BCUT2D eigenvalue weighted by Crippen LogP contribution is -2.06. The molecule has 0 amide bonds. The van der Waals surface area contributed by atoms with Crippen LogP contribution in [-0.2, 0) is 0 Å². The molecule has 0 spiro atoms. The number of anilines is 1. The fourth-order valence-corrected chi connectivity index (χ4v) is 1.57. The molecular weight excluding hydrogens is 280 g/mol. The lowest BCUT2D eigenvalue weighted by atomic mass is 10.1. The van der Waals surface area contributed by atoms with Crippen LogP contribution >= 0.6 is 15.9 Å². The van der Waals surface area contributed by atoms with Crippen LogP contribution in [0.5, 0.6) is 5.75 Å². The van der Waals surface area contributed by atoms with Crippen molar-refractivity contribution < 1.29 is 14.5 Å². The van der Waals surface area contributed by atoms with Crippen LogP contribution in [0.4, 0.5) is 11.4 Å². The van der Waals surface area contributed by atoms with E-state index in [0.29, 0.717) is 0 Å². The number of hydrogen-bond acceptors (Lipinski definition) is 5. The monoisotopic (exact) mass is 288 g/mol. The van der Waals surface area contributed by atoms with E-state index in [0.717, 1.165) is 6.07 Å². The Labute approximate surface area is 99.7 Å². The molecule has 16 heavy (non-hydrogen) atoms. The summed E-state index contributed by atoms with van der Waals surface area (Å²) >= 11 is 2.99. The first-order chi connectivity index (χ1) is 7.51. The molecule has 0 heterocycles. The summed E-state index contributed by atoms with van der Waals surface area (Å²) in [5.41, 5.74) is 5.43. The molecular formula is C9H9BrN2O4. The zero-order valence-corrected chi connectivity index (χ0v) is 9.98. The van der Waals surface area contributed by atoms with Crippen LogP contribution in [0.1, 0.15) is 10.4 Å². The van der Waals surface area contributed by atoms with Gasteiger partial charge in [0.1, 0.15) is 0 Å². The molecule has 0 saturated carbocycles. The molecule has 0 aliphatic heterocycles. The second kappa shape index (κ2) is 4.93. The highest BCUT2D eigenvalue weighted by atomic mass is 79.9. The summed E-state index contributed by atoms with van der Waals surface area (Å²) in [5.74, 6) is -0.393. The molecule has 7 heteroatoms. The topological polar surface area (TPSA) is 95.5 Å². The van der Waals surface area contributed by atoms with Gasteiger partial charge >= 0.3 is 5.69 Å². The lowest BCUT2D eigenvalue weighted by Gasteiger charge is -2.07. The number of ether oxygens (including phenoxy) is 1. The molecule has 0 saturated heterocycles. The molecule has 86 valence electrons. The minimum atomic E-state index is -0.639. The number of benzene rings is 1. The zero-order valence-electron chi connectivity index (χ0n) is 8.40. The van der Waals surface area contributed by atoms with Crippen molar-refractivity contribution in [2.75, 3.05) is 18.2 Å². The van der Waals surface area contributed by atoms with E-state index in [1.54, 1.807) is 0 Å². The molecule has 2 N–H and O–H groups in total. The number of halogens is 1. The maximum absolute atomic E-state index is 11.5. The Kier molecular flexibility index (Phi) is 3.83. The van der Waals surface area contributed by atoms with Gasteiger partial charge < -0.3 is 10.5 Å². The van der Waals surface area contributed by atoms with E-state index in [4.69, 9.17) is 10.5 Å². The van der Waals surface area contributed by atoms with Crippen LogP contribution < -0.4 is 10.5 Å². The summed E-state index contributed by atoms with van der Waals surface area (Å²) in [5, 5.41) is 10.8. The normalized spacial score (nSPS) is 9.88. The van der Waals surface area contributed by atoms with Crippen molar-refractivity contribution in [1.29, 1.82) is 0 Å². The molecule has 0 aliphatic carbocycles. The van der Waals surface area contributed by atoms with Gasteiger partial charge in [0, 0.05) is 11.8 Å². The van der Waals surface area contributed by atoms with Crippen molar-refractivity contribution in [1.82, 2.24) is 0 Å². The minimum absolute atomic E-state index is 0.0456. The molecule has 0 unspecified atom stereocenters. The number of nitrogens with two attached hydrogens (primary N) is 1. The number of methoxy groups -OCH3 is 1. The number of ketones is 1. The second-order valence-corrected chi connectivity index (χ2v) is 3.50. The van der Waals surface area contributed by atoms with E-state index in [9.17, 15) is 14.9 Å². The first-order valence-corrected chi connectivity index (χ1v) is 5.34. The van der Waals surface area contributed by atoms with Crippen LogP contribution in [0.15, 0.2) is 12.1 Å². The van der Waals surface area contributed by atoms with E-state index in [2.05, 4.69) is 15.9 Å². The highest BCUT2D eigenvalue weighted by Crippen LogP contribution is 2.33. The van der Waals surface area contributed by atoms with Gasteiger partial charge in [-0.25, -0.2) is 0 Å². The standard InChI is InChI=1S/C9H9BrN2O4/c1-16-9-6(8(13)4-10)2-5(11)3-7(9)12(14)15/h2-3H,4,11H2,1H3. The number of carbonyl (C=O) groups is 1. The summed E-state index contributed by atoms with van der Waals surface area (Å²) < 4.78 is 4.88. The van der Waals surface area contributed by atoms with Crippen LogP contribution in [0, 0.1) is 10.1 Å². The number of nitrogen functional groups attached to an aromatic ring is 1. The Balaban J connectivity index is 3.48. The average Bonchev–Trinajstić information content (AvgIpc) is 2.26. The summed E-state index contributed by atoms with van der Waals surface area (Å²) in [6, 6.07) is 2.51. The predicted molar refractivity (Wildman–Crippen MR) is 62.2 cm³/mol. The van der Waals surface area contributed by atoms with Crippen molar-refractivity contribution >= 4 is 33.1 Å². The molecule has 1 aromatic rings. The Morgan fingerprint density at radius 2 is 2.25 bits per heavy atom. The number of Topliss-reactive ketones (excluding diaryl/α,β-unsaturated/α-hetero) is 1. The van der Waals surface area contributed by atoms with Crippen LogP contribution in [0.3, 0.4) is 0 Å². The molecule has 6 nitrogen and oxygen atoms in total. The van der Waals surface area contributed by atoms with Crippen LogP contribution in [0.2, 0.25) is 0 Å². The van der Waals surface area contributed by atoms with Gasteiger partial charge in [-0.05, 0) is 6.07 Å². The molecule has 1 aromatic carbocycles. The van der Waals surface area contributed by atoms with Gasteiger partial charge in [-0.2, -0.15) is 0 Å². The third-order valence-corrected chi connectivity index (χ3v) is 2.42. The number of alkyl halides is 1. The fraction of sp³-hybridized carbons (Fsp3) is 0.222. The smallest absolute Gasteiger partial charge is 0.313 e. The quantitative estimate of drug-likeness (QED) is 0.299. The number of nitro groups is 1. The molecule has 1 rings (SSSR count). The van der Waals surface area contributed by atoms with Crippen molar-refractivity contribution in [2.24, 2.45) is 0 Å². The second-order valence-electron chi connectivity index (χ2n) is 2.93. The largest absolute Gasteiger partial charge is 0.490 e. The maximum Gasteiger partial charge on any atom is 0.313 e. The zero-order chi connectivity index (χ0) is 12.3. The Hall–Kier alpha value is -1.63. The van der Waals surface area contributed by atoms with Crippen molar-refractivity contribution in [3.8, 4) is 5.75 Å². The Bertz CT molecular complexity index is 447. The fourth-order valence-electron chi connectivity index (χ4n) is 1.26. The Morgan fingerprint density at radius 1 is 1.62 bits per heavy atom. The number of hydrogen-bond donors (Lipinski definition) is 1. The molecule has 0 aliphatic rings. The minimum Gasteiger partial charge on any atom is -0.490 e. The predicted octanol–water partition coefficient (Wildman–Crippen LogP) is 1.76. The van der Waals surface area contributed by atoms with Gasteiger partial charge in [-0.3, -0.25) is 14.9 Å². The third-order valence-electron chi connectivity index (χ3n) is 1.91.